The molecule has 6 nitrogen and oxygen atoms in total. The summed E-state index contributed by atoms with van der Waals surface area (Å²) in [6, 6.07) is 18.1. The monoisotopic (exact) mass is 367 g/mol. The van der Waals surface area contributed by atoms with E-state index < -0.39 is 0 Å². The summed E-state index contributed by atoms with van der Waals surface area (Å²) in [5.41, 5.74) is 2.28. The average Bonchev–Trinajstić information content (AvgIpc) is 3.03. The Morgan fingerprint density at radius 1 is 1.15 bits per heavy atom. The van der Waals surface area contributed by atoms with Gasteiger partial charge in [-0.3, -0.25) is 10.1 Å². The van der Waals surface area contributed by atoms with Crippen LogP contribution in [0.25, 0.3) is 0 Å². The molecule has 132 valence electrons. The Kier molecular flexibility index (Phi) is 4.34. The van der Waals surface area contributed by atoms with E-state index in [4.69, 9.17) is 11.6 Å². The lowest BCUT2D eigenvalue weighted by atomic mass is 9.93. The third kappa shape index (κ3) is 3.28. The van der Waals surface area contributed by atoms with Crippen LogP contribution in [-0.2, 0) is 4.79 Å². The highest BCUT2D eigenvalue weighted by Crippen LogP contribution is 2.38. The zero-order chi connectivity index (χ0) is 18.1. The molecule has 1 aliphatic heterocycles. The third-order valence-corrected chi connectivity index (χ3v) is 4.69. The number of aromatic nitrogens is 3. The highest BCUT2D eigenvalue weighted by Gasteiger charge is 2.31. The highest BCUT2D eigenvalue weighted by atomic mass is 35.5. The Hall–Kier alpha value is -2.86. The molecule has 4 rings (SSSR count). The molecule has 1 amide bonds. The van der Waals surface area contributed by atoms with Crippen molar-refractivity contribution in [1.82, 2.24) is 14.8 Å². The molecule has 26 heavy (non-hydrogen) atoms. The maximum Gasteiger partial charge on any atom is 0.250 e. The van der Waals surface area contributed by atoms with Gasteiger partial charge in [0.05, 0.1) is 12.1 Å². The van der Waals surface area contributed by atoms with Crippen molar-refractivity contribution in [1.29, 1.82) is 0 Å². The topological polar surface area (TPSA) is 71.8 Å². The number of carbonyl (C=O) groups excluding carboxylic acids is 1. The number of carbonyl (C=O) groups is 1. The number of anilines is 2. The molecule has 2 heterocycles. The first kappa shape index (κ1) is 16.6. The Labute approximate surface area is 156 Å². The van der Waals surface area contributed by atoms with Gasteiger partial charge in [0, 0.05) is 11.9 Å². The quantitative estimate of drug-likeness (QED) is 0.733. The maximum atomic E-state index is 11.4. The van der Waals surface area contributed by atoms with E-state index in [9.17, 15) is 4.79 Å². The first-order chi connectivity index (χ1) is 12.6. The first-order valence-electron chi connectivity index (χ1n) is 8.41. The van der Waals surface area contributed by atoms with Gasteiger partial charge in [0.25, 0.3) is 5.95 Å². The van der Waals surface area contributed by atoms with E-state index in [1.54, 1.807) is 0 Å². The van der Waals surface area contributed by atoms with Gasteiger partial charge in [0.2, 0.25) is 11.9 Å². The van der Waals surface area contributed by atoms with Gasteiger partial charge in [-0.1, -0.05) is 54.1 Å². The number of nitrogens with zero attached hydrogens (tertiary/aromatic N) is 3. The van der Waals surface area contributed by atoms with Crippen molar-refractivity contribution in [3.8, 4) is 0 Å². The Balaban J connectivity index is 1.74. The summed E-state index contributed by atoms with van der Waals surface area (Å²) in [6.07, 6.45) is 0.807. The van der Waals surface area contributed by atoms with Crippen molar-refractivity contribution < 1.29 is 4.79 Å². The molecule has 0 saturated carbocycles. The van der Waals surface area contributed by atoms with E-state index in [2.05, 4.69) is 32.8 Å². The molecular formula is C19H18ClN5O. The SMILES string of the molecule is CC(=O)Nc1nc2n(n1)[C@H](c1ccccc1)C[C@@H](c1ccc(Cl)cc1)N2. The Morgan fingerprint density at radius 2 is 1.88 bits per heavy atom. The Bertz CT molecular complexity index is 923. The second-order valence-electron chi connectivity index (χ2n) is 6.30. The zero-order valence-corrected chi connectivity index (χ0v) is 14.9. The van der Waals surface area contributed by atoms with Gasteiger partial charge >= 0.3 is 0 Å². The molecule has 2 aromatic carbocycles. The van der Waals surface area contributed by atoms with Gasteiger partial charge in [0.15, 0.2) is 0 Å². The number of nitrogens with one attached hydrogen (secondary N) is 2. The van der Waals surface area contributed by atoms with Crippen LogP contribution in [0.2, 0.25) is 5.02 Å². The summed E-state index contributed by atoms with van der Waals surface area (Å²) >= 11 is 6.02. The number of benzene rings is 2. The number of hydrogen-bond acceptors (Lipinski definition) is 4. The standard InChI is InChI=1S/C19H18ClN5O/c1-12(26)21-18-23-19-22-16(13-7-9-15(20)10-8-13)11-17(25(19)24-18)14-5-3-2-4-6-14/h2-10,16-17H,11H2,1H3,(H2,21,22,23,24,26)/t16-,17-/m0/s1. The van der Waals surface area contributed by atoms with Crippen LogP contribution in [0, 0.1) is 0 Å². The van der Waals surface area contributed by atoms with Crippen molar-refractivity contribution in [2.45, 2.75) is 25.4 Å². The summed E-state index contributed by atoms with van der Waals surface area (Å²) in [7, 11) is 0. The minimum absolute atomic E-state index is 0.0168. The van der Waals surface area contributed by atoms with Crippen LogP contribution in [-0.4, -0.2) is 20.7 Å². The van der Waals surface area contributed by atoms with Crippen LogP contribution in [0.1, 0.15) is 36.6 Å². The number of hydrogen-bond donors (Lipinski definition) is 2. The van der Waals surface area contributed by atoms with Crippen molar-refractivity contribution in [3.63, 3.8) is 0 Å². The zero-order valence-electron chi connectivity index (χ0n) is 14.2. The molecule has 2 atom stereocenters. The fourth-order valence-corrected chi connectivity index (χ4v) is 3.38. The lowest BCUT2D eigenvalue weighted by molar-refractivity contribution is -0.114. The molecule has 0 unspecified atom stereocenters. The number of halogens is 1. The largest absolute Gasteiger partial charge is 0.347 e. The van der Waals surface area contributed by atoms with E-state index in [1.165, 1.54) is 6.92 Å². The normalized spacial score (nSPS) is 18.7. The van der Waals surface area contributed by atoms with Crippen molar-refractivity contribution in [3.05, 3.63) is 70.7 Å². The molecule has 0 bridgehead atoms. The fourth-order valence-electron chi connectivity index (χ4n) is 3.25. The second kappa shape index (κ2) is 6.80. The minimum Gasteiger partial charge on any atom is -0.347 e. The molecule has 0 spiro atoms. The molecule has 1 aromatic heterocycles. The van der Waals surface area contributed by atoms with E-state index >= 15 is 0 Å². The van der Waals surface area contributed by atoms with Crippen molar-refractivity contribution >= 4 is 29.4 Å². The van der Waals surface area contributed by atoms with Gasteiger partial charge in [-0.05, 0) is 29.7 Å². The lowest BCUT2D eigenvalue weighted by Gasteiger charge is -2.31. The number of fused-ring (bicyclic) bond motifs is 1. The number of rotatable bonds is 3. The lowest BCUT2D eigenvalue weighted by Crippen LogP contribution is -2.28. The van der Waals surface area contributed by atoms with Crippen LogP contribution in [0.5, 0.6) is 0 Å². The van der Waals surface area contributed by atoms with Gasteiger partial charge in [-0.2, -0.15) is 4.98 Å². The molecule has 0 fully saturated rings. The first-order valence-corrected chi connectivity index (χ1v) is 8.79. The molecule has 7 heteroatoms. The average molecular weight is 368 g/mol. The summed E-state index contributed by atoms with van der Waals surface area (Å²) in [6.45, 7) is 1.44. The van der Waals surface area contributed by atoms with Crippen LogP contribution < -0.4 is 10.6 Å². The summed E-state index contributed by atoms with van der Waals surface area (Å²) < 4.78 is 1.84. The predicted octanol–water partition coefficient (Wildman–Crippen LogP) is 4.04. The van der Waals surface area contributed by atoms with Gasteiger partial charge in [-0.25, -0.2) is 4.68 Å². The van der Waals surface area contributed by atoms with Crippen LogP contribution >= 0.6 is 11.6 Å². The van der Waals surface area contributed by atoms with Crippen LogP contribution in [0.4, 0.5) is 11.9 Å². The predicted molar refractivity (Wildman–Crippen MR) is 101 cm³/mol. The molecule has 3 aromatic rings. The van der Waals surface area contributed by atoms with Crippen LogP contribution in [0.3, 0.4) is 0 Å². The fraction of sp³-hybridized carbons (Fsp3) is 0.211. The van der Waals surface area contributed by atoms with E-state index in [0.29, 0.717) is 16.9 Å². The molecule has 0 radical (unpaired) electrons. The summed E-state index contributed by atoms with van der Waals surface area (Å²) in [4.78, 5) is 15.8. The molecule has 0 saturated heterocycles. The molecular weight excluding hydrogens is 350 g/mol. The van der Waals surface area contributed by atoms with E-state index in [0.717, 1.165) is 17.5 Å². The highest BCUT2D eigenvalue weighted by molar-refractivity contribution is 6.30. The molecule has 0 aliphatic carbocycles. The summed E-state index contributed by atoms with van der Waals surface area (Å²) in [5, 5.41) is 11.3. The molecule has 1 aliphatic rings. The smallest absolute Gasteiger partial charge is 0.250 e. The number of amides is 1. The van der Waals surface area contributed by atoms with Gasteiger partial charge < -0.3 is 5.32 Å². The molecule has 2 N–H and O–H groups in total. The van der Waals surface area contributed by atoms with Gasteiger partial charge in [-0.15, -0.1) is 5.10 Å². The van der Waals surface area contributed by atoms with Crippen molar-refractivity contribution in [2.24, 2.45) is 0 Å². The summed E-state index contributed by atoms with van der Waals surface area (Å²) in [5.74, 6) is 0.741. The van der Waals surface area contributed by atoms with Crippen LogP contribution in [0.15, 0.2) is 54.6 Å². The maximum absolute atomic E-state index is 11.4. The minimum atomic E-state index is -0.196. The third-order valence-electron chi connectivity index (χ3n) is 4.43. The van der Waals surface area contributed by atoms with E-state index in [1.807, 2.05) is 47.1 Å². The van der Waals surface area contributed by atoms with E-state index in [-0.39, 0.29) is 18.0 Å². The Morgan fingerprint density at radius 3 is 2.58 bits per heavy atom. The van der Waals surface area contributed by atoms with Gasteiger partial charge in [0.1, 0.15) is 0 Å². The second-order valence-corrected chi connectivity index (χ2v) is 6.73. The van der Waals surface area contributed by atoms with Crippen molar-refractivity contribution in [2.75, 3.05) is 10.6 Å².